The maximum Gasteiger partial charge on any atom is 0.160 e. The van der Waals surface area contributed by atoms with E-state index >= 15 is 0 Å². The SMILES string of the molecule is c1ccc(-c2ccccc2C2=NC(c3ccccc3)NC(c3ccc4c(c3)sc3ccc(-c5ccc6c7ccccc7c7ccccc7c6c5)cc34)=N2)cc1. The van der Waals surface area contributed by atoms with Gasteiger partial charge in [-0.05, 0) is 84.4 Å². The van der Waals surface area contributed by atoms with Crippen LogP contribution in [0.4, 0.5) is 0 Å². The summed E-state index contributed by atoms with van der Waals surface area (Å²) < 4.78 is 2.50. The fourth-order valence-corrected chi connectivity index (χ4v) is 9.39. The van der Waals surface area contributed by atoms with Gasteiger partial charge in [-0.3, -0.25) is 0 Å². The number of thiophene rings is 1. The Labute approximate surface area is 322 Å². The molecule has 9 aromatic carbocycles. The first-order valence-corrected chi connectivity index (χ1v) is 19.5. The number of nitrogens with zero attached hydrogens (tertiary/aromatic N) is 2. The molecule has 1 aromatic heterocycles. The number of hydrogen-bond donors (Lipinski definition) is 1. The van der Waals surface area contributed by atoms with Crippen molar-refractivity contribution in [2.75, 3.05) is 0 Å². The number of nitrogens with one attached hydrogen (secondary N) is 1. The lowest BCUT2D eigenvalue weighted by Crippen LogP contribution is -2.33. The van der Waals surface area contributed by atoms with Crippen LogP contribution in [-0.2, 0) is 0 Å². The Morgan fingerprint density at radius 2 is 0.927 bits per heavy atom. The van der Waals surface area contributed by atoms with Crippen molar-refractivity contribution in [1.82, 2.24) is 5.32 Å². The summed E-state index contributed by atoms with van der Waals surface area (Å²) in [6.07, 6.45) is -0.273. The van der Waals surface area contributed by atoms with E-state index in [-0.39, 0.29) is 6.17 Å². The summed E-state index contributed by atoms with van der Waals surface area (Å²) in [5, 5.41) is 14.0. The molecule has 4 heteroatoms. The molecular formula is C51H33N3S. The van der Waals surface area contributed by atoms with Crippen molar-refractivity contribution in [1.29, 1.82) is 0 Å². The number of amidine groups is 2. The number of rotatable bonds is 5. The van der Waals surface area contributed by atoms with E-state index in [1.807, 2.05) is 23.5 Å². The topological polar surface area (TPSA) is 36.8 Å². The van der Waals surface area contributed by atoms with Crippen molar-refractivity contribution in [2.45, 2.75) is 6.17 Å². The van der Waals surface area contributed by atoms with Gasteiger partial charge in [-0.1, -0.05) is 164 Å². The molecule has 0 amide bonds. The Balaban J connectivity index is 1.01. The minimum Gasteiger partial charge on any atom is -0.344 e. The fraction of sp³-hybridized carbons (Fsp3) is 0.0196. The summed E-state index contributed by atoms with van der Waals surface area (Å²) in [7, 11) is 0. The van der Waals surface area contributed by atoms with Crippen molar-refractivity contribution in [3.63, 3.8) is 0 Å². The van der Waals surface area contributed by atoms with Crippen LogP contribution in [0.2, 0.25) is 0 Å². The molecule has 1 N–H and O–H groups in total. The van der Waals surface area contributed by atoms with Crippen LogP contribution in [-0.4, -0.2) is 11.7 Å². The fourth-order valence-electron chi connectivity index (χ4n) is 8.26. The second kappa shape index (κ2) is 12.9. The van der Waals surface area contributed by atoms with Gasteiger partial charge in [0.05, 0.1) is 0 Å². The number of aliphatic imine (C=N–C) groups is 2. The largest absolute Gasteiger partial charge is 0.344 e. The molecule has 3 nitrogen and oxygen atoms in total. The van der Waals surface area contributed by atoms with Gasteiger partial charge in [0.2, 0.25) is 0 Å². The van der Waals surface area contributed by atoms with Gasteiger partial charge in [-0.2, -0.15) is 0 Å². The lowest BCUT2D eigenvalue weighted by molar-refractivity contribution is 0.674. The van der Waals surface area contributed by atoms with Gasteiger partial charge in [0.15, 0.2) is 5.84 Å². The first kappa shape index (κ1) is 31.6. The van der Waals surface area contributed by atoms with Gasteiger partial charge in [-0.15, -0.1) is 11.3 Å². The molecule has 0 aliphatic carbocycles. The minimum atomic E-state index is -0.273. The summed E-state index contributed by atoms with van der Waals surface area (Å²) in [5.74, 6) is 1.54. The Hall–Kier alpha value is -6.88. The number of benzene rings is 9. The van der Waals surface area contributed by atoms with Crippen molar-refractivity contribution < 1.29 is 0 Å². The van der Waals surface area contributed by atoms with Crippen LogP contribution in [0.3, 0.4) is 0 Å². The Morgan fingerprint density at radius 1 is 0.382 bits per heavy atom. The summed E-state index contributed by atoms with van der Waals surface area (Å²) in [4.78, 5) is 10.4. The zero-order valence-corrected chi connectivity index (χ0v) is 30.6. The van der Waals surface area contributed by atoms with Gasteiger partial charge in [0.1, 0.15) is 12.0 Å². The van der Waals surface area contributed by atoms with E-state index in [2.05, 4.69) is 181 Å². The van der Waals surface area contributed by atoms with Crippen molar-refractivity contribution >= 4 is 75.5 Å². The Kier molecular flexibility index (Phi) is 7.42. The number of fused-ring (bicyclic) bond motifs is 9. The highest BCUT2D eigenvalue weighted by molar-refractivity contribution is 7.25. The predicted molar refractivity (Wildman–Crippen MR) is 235 cm³/mol. The molecule has 1 unspecified atom stereocenters. The third-order valence-corrected chi connectivity index (χ3v) is 12.1. The van der Waals surface area contributed by atoms with Gasteiger partial charge >= 0.3 is 0 Å². The minimum absolute atomic E-state index is 0.273. The third kappa shape index (κ3) is 5.41. The summed E-state index contributed by atoms with van der Waals surface area (Å²) in [5.41, 5.74) is 7.84. The van der Waals surface area contributed by atoms with E-state index in [0.29, 0.717) is 0 Å². The summed E-state index contributed by atoms with van der Waals surface area (Å²) in [6.45, 7) is 0. The zero-order valence-electron chi connectivity index (χ0n) is 29.8. The first-order chi connectivity index (χ1) is 27.2. The standard InChI is InChI=1S/C51H33N3S/c1-3-13-32(14-4-1)37-17-7-12-22-44(37)51-53-49(33-15-5-2-6-16-33)52-50(54-51)36-24-27-43-46-30-35(25-28-47(46)55-48(43)31-36)34-23-26-42-40-20-9-8-18-38(40)39-19-10-11-21-41(39)45(42)29-34/h1-31,49H,(H,52,53,54). The van der Waals surface area contributed by atoms with Crippen LogP contribution in [0.1, 0.15) is 22.9 Å². The first-order valence-electron chi connectivity index (χ1n) is 18.7. The van der Waals surface area contributed by atoms with Crippen LogP contribution in [0, 0.1) is 0 Å². The van der Waals surface area contributed by atoms with E-state index in [0.717, 1.165) is 39.5 Å². The molecule has 0 saturated carbocycles. The molecule has 0 saturated heterocycles. The van der Waals surface area contributed by atoms with Crippen LogP contribution in [0.25, 0.3) is 74.7 Å². The second-order valence-electron chi connectivity index (χ2n) is 14.2. The van der Waals surface area contributed by atoms with Crippen LogP contribution in [0.5, 0.6) is 0 Å². The van der Waals surface area contributed by atoms with Crippen LogP contribution >= 0.6 is 11.3 Å². The highest BCUT2D eigenvalue weighted by Gasteiger charge is 2.23. The van der Waals surface area contributed by atoms with E-state index < -0.39 is 0 Å². The molecule has 0 fully saturated rings. The molecule has 11 rings (SSSR count). The van der Waals surface area contributed by atoms with Gasteiger partial charge in [0, 0.05) is 31.3 Å². The average molecular weight is 720 g/mol. The average Bonchev–Trinajstić information content (AvgIpc) is 3.64. The lowest BCUT2D eigenvalue weighted by Gasteiger charge is -2.24. The van der Waals surface area contributed by atoms with E-state index in [1.165, 1.54) is 63.6 Å². The predicted octanol–water partition coefficient (Wildman–Crippen LogP) is 13.3. The molecule has 258 valence electrons. The van der Waals surface area contributed by atoms with Crippen LogP contribution < -0.4 is 5.32 Å². The van der Waals surface area contributed by atoms with Crippen molar-refractivity contribution in [2.24, 2.45) is 9.98 Å². The summed E-state index contributed by atoms with van der Waals surface area (Å²) in [6, 6.07) is 67.5. The third-order valence-electron chi connectivity index (χ3n) is 10.9. The van der Waals surface area contributed by atoms with Crippen molar-refractivity contribution in [3.05, 3.63) is 205 Å². The lowest BCUT2D eigenvalue weighted by atomic mass is 9.92. The highest BCUT2D eigenvalue weighted by atomic mass is 32.1. The highest BCUT2D eigenvalue weighted by Crippen LogP contribution is 2.40. The maximum absolute atomic E-state index is 5.22. The summed E-state index contributed by atoms with van der Waals surface area (Å²) >= 11 is 1.83. The monoisotopic (exact) mass is 719 g/mol. The van der Waals surface area contributed by atoms with Gasteiger partial charge in [0.25, 0.3) is 0 Å². The van der Waals surface area contributed by atoms with E-state index in [9.17, 15) is 0 Å². The molecule has 10 aromatic rings. The molecule has 1 atom stereocenters. The van der Waals surface area contributed by atoms with Crippen LogP contribution in [0.15, 0.2) is 198 Å². The molecule has 55 heavy (non-hydrogen) atoms. The zero-order chi connectivity index (χ0) is 36.3. The van der Waals surface area contributed by atoms with Gasteiger partial charge in [-0.25, -0.2) is 9.98 Å². The van der Waals surface area contributed by atoms with E-state index in [1.54, 1.807) is 0 Å². The molecule has 0 radical (unpaired) electrons. The molecule has 1 aliphatic heterocycles. The molecule has 0 spiro atoms. The maximum atomic E-state index is 5.22. The second-order valence-corrected chi connectivity index (χ2v) is 15.2. The molecule has 0 bridgehead atoms. The molecule has 1 aliphatic rings. The van der Waals surface area contributed by atoms with Gasteiger partial charge < -0.3 is 5.32 Å². The van der Waals surface area contributed by atoms with Crippen molar-refractivity contribution in [3.8, 4) is 22.3 Å². The normalized spacial score (nSPS) is 14.4. The smallest absolute Gasteiger partial charge is 0.160 e. The molecular weight excluding hydrogens is 687 g/mol. The molecule has 2 heterocycles. The Bertz CT molecular complexity index is 3140. The Morgan fingerprint density at radius 3 is 1.65 bits per heavy atom. The number of hydrogen-bond acceptors (Lipinski definition) is 4. The quantitative estimate of drug-likeness (QED) is 0.177. The van der Waals surface area contributed by atoms with E-state index in [4.69, 9.17) is 9.98 Å².